The smallest absolute Gasteiger partial charge is 0.273 e. The second-order valence-corrected chi connectivity index (χ2v) is 6.07. The second-order valence-electron chi connectivity index (χ2n) is 5.63. The van der Waals surface area contributed by atoms with E-state index in [2.05, 4.69) is 22.7 Å². The highest BCUT2D eigenvalue weighted by Crippen LogP contribution is 2.22. The number of carbonyl (C=O) groups excluding carboxylic acids is 1. The van der Waals surface area contributed by atoms with Crippen molar-refractivity contribution in [3.05, 3.63) is 41.0 Å². The Kier molecular flexibility index (Phi) is 4.45. The van der Waals surface area contributed by atoms with Crippen LogP contribution in [0.15, 0.2) is 34.9 Å². The lowest BCUT2D eigenvalue weighted by molar-refractivity contribution is 0.0906. The van der Waals surface area contributed by atoms with Gasteiger partial charge in [0.25, 0.3) is 5.91 Å². The molecular weight excluding hydrogens is 302 g/mol. The number of amides is 1. The van der Waals surface area contributed by atoms with Crippen molar-refractivity contribution in [3.8, 4) is 11.3 Å². The molecule has 6 heteroatoms. The van der Waals surface area contributed by atoms with E-state index in [4.69, 9.17) is 16.1 Å². The van der Waals surface area contributed by atoms with E-state index in [1.807, 2.05) is 12.1 Å². The number of nitrogens with one attached hydrogen (secondary N) is 2. The van der Waals surface area contributed by atoms with Crippen LogP contribution >= 0.6 is 11.6 Å². The van der Waals surface area contributed by atoms with E-state index in [1.54, 1.807) is 18.2 Å². The summed E-state index contributed by atoms with van der Waals surface area (Å²) >= 11 is 5.86. The predicted molar refractivity (Wildman–Crippen MR) is 84.9 cm³/mol. The van der Waals surface area contributed by atoms with Crippen LogP contribution in [0.2, 0.25) is 5.02 Å². The van der Waals surface area contributed by atoms with Crippen LogP contribution in [0, 0.1) is 5.92 Å². The number of nitrogens with zero attached hydrogens (tertiary/aromatic N) is 1. The van der Waals surface area contributed by atoms with Gasteiger partial charge in [-0.15, -0.1) is 0 Å². The van der Waals surface area contributed by atoms with Crippen molar-refractivity contribution in [1.29, 1.82) is 0 Å². The monoisotopic (exact) mass is 319 g/mol. The summed E-state index contributed by atoms with van der Waals surface area (Å²) in [5, 5.41) is 10.8. The van der Waals surface area contributed by atoms with Crippen molar-refractivity contribution < 1.29 is 9.32 Å². The molecule has 0 radical (unpaired) electrons. The molecule has 22 heavy (non-hydrogen) atoms. The Balaban J connectivity index is 1.70. The molecule has 2 heterocycles. The highest BCUT2D eigenvalue weighted by Gasteiger charge is 2.24. The van der Waals surface area contributed by atoms with Crippen LogP contribution in [0.4, 0.5) is 0 Å². The minimum Gasteiger partial charge on any atom is -0.355 e. The Labute approximate surface area is 134 Å². The van der Waals surface area contributed by atoms with Gasteiger partial charge in [-0.25, -0.2) is 0 Å². The second kappa shape index (κ2) is 6.50. The van der Waals surface area contributed by atoms with Gasteiger partial charge in [0.15, 0.2) is 11.5 Å². The first-order valence-electron chi connectivity index (χ1n) is 7.38. The topological polar surface area (TPSA) is 67.2 Å². The highest BCUT2D eigenvalue weighted by atomic mass is 35.5. The fraction of sp³-hybridized carbons (Fsp3) is 0.375. The number of piperidine rings is 1. The summed E-state index contributed by atoms with van der Waals surface area (Å²) in [4.78, 5) is 12.3. The van der Waals surface area contributed by atoms with Crippen molar-refractivity contribution >= 4 is 17.5 Å². The number of rotatable bonds is 3. The molecule has 5 nitrogen and oxygen atoms in total. The zero-order chi connectivity index (χ0) is 15.5. The molecule has 0 spiro atoms. The molecule has 1 aromatic heterocycles. The first-order valence-corrected chi connectivity index (χ1v) is 7.75. The average molecular weight is 320 g/mol. The Morgan fingerprint density at radius 2 is 2.18 bits per heavy atom. The predicted octanol–water partition coefficient (Wildman–Crippen LogP) is 2.72. The molecule has 2 atom stereocenters. The van der Waals surface area contributed by atoms with E-state index in [0.29, 0.717) is 22.4 Å². The minimum atomic E-state index is -0.204. The van der Waals surface area contributed by atoms with E-state index in [9.17, 15) is 4.79 Å². The summed E-state index contributed by atoms with van der Waals surface area (Å²) in [6.07, 6.45) is 1.06. The maximum Gasteiger partial charge on any atom is 0.273 e. The normalized spacial score (nSPS) is 21.5. The van der Waals surface area contributed by atoms with Crippen molar-refractivity contribution in [2.45, 2.75) is 19.4 Å². The van der Waals surface area contributed by atoms with Gasteiger partial charge in [-0.05, 0) is 43.1 Å². The zero-order valence-corrected chi connectivity index (χ0v) is 13.1. The maximum absolute atomic E-state index is 12.3. The molecule has 1 aliphatic rings. The zero-order valence-electron chi connectivity index (χ0n) is 12.3. The molecule has 1 amide bonds. The van der Waals surface area contributed by atoms with Gasteiger partial charge in [0, 0.05) is 29.2 Å². The van der Waals surface area contributed by atoms with E-state index >= 15 is 0 Å². The molecule has 2 aromatic rings. The number of halogens is 1. The lowest BCUT2D eigenvalue weighted by atomic mass is 9.95. The van der Waals surface area contributed by atoms with Gasteiger partial charge in [0.1, 0.15) is 0 Å². The molecule has 3 rings (SSSR count). The lowest BCUT2D eigenvalue weighted by Crippen LogP contribution is -2.50. The van der Waals surface area contributed by atoms with Crippen LogP contribution in [-0.2, 0) is 0 Å². The molecule has 0 aliphatic carbocycles. The molecule has 1 fully saturated rings. The van der Waals surface area contributed by atoms with Crippen LogP contribution in [0.5, 0.6) is 0 Å². The van der Waals surface area contributed by atoms with Gasteiger partial charge >= 0.3 is 0 Å². The van der Waals surface area contributed by atoms with Crippen molar-refractivity contribution in [1.82, 2.24) is 15.8 Å². The fourth-order valence-corrected chi connectivity index (χ4v) is 2.68. The van der Waals surface area contributed by atoms with Crippen molar-refractivity contribution in [2.75, 3.05) is 13.1 Å². The van der Waals surface area contributed by atoms with Gasteiger partial charge < -0.3 is 15.2 Å². The molecule has 1 aromatic carbocycles. The number of benzene rings is 1. The Hall–Kier alpha value is -1.85. The van der Waals surface area contributed by atoms with Crippen LogP contribution in [-0.4, -0.2) is 30.2 Å². The molecule has 2 N–H and O–H groups in total. The summed E-state index contributed by atoms with van der Waals surface area (Å²) in [5.74, 6) is 0.800. The van der Waals surface area contributed by atoms with E-state index < -0.39 is 0 Å². The number of hydrogen-bond acceptors (Lipinski definition) is 4. The Morgan fingerprint density at radius 1 is 1.41 bits per heavy atom. The Bertz CT molecular complexity index is 654. The third-order valence-electron chi connectivity index (χ3n) is 4.02. The van der Waals surface area contributed by atoms with Crippen molar-refractivity contribution in [2.24, 2.45) is 5.92 Å². The number of carbonyl (C=O) groups is 1. The number of hydrogen-bond donors (Lipinski definition) is 2. The third kappa shape index (κ3) is 3.31. The van der Waals surface area contributed by atoms with E-state index in [1.165, 1.54) is 0 Å². The van der Waals surface area contributed by atoms with Crippen LogP contribution in [0.25, 0.3) is 11.3 Å². The largest absolute Gasteiger partial charge is 0.355 e. The average Bonchev–Trinajstić information content (AvgIpc) is 3.00. The summed E-state index contributed by atoms with van der Waals surface area (Å²) in [6.45, 7) is 3.93. The van der Waals surface area contributed by atoms with Gasteiger partial charge in [0.05, 0.1) is 0 Å². The molecular formula is C16H18ClN3O2. The van der Waals surface area contributed by atoms with E-state index in [-0.39, 0.29) is 11.9 Å². The van der Waals surface area contributed by atoms with Gasteiger partial charge in [-0.2, -0.15) is 0 Å². The van der Waals surface area contributed by atoms with Crippen LogP contribution in [0.3, 0.4) is 0 Å². The summed E-state index contributed by atoms with van der Waals surface area (Å²) in [7, 11) is 0. The third-order valence-corrected chi connectivity index (χ3v) is 4.27. The first kappa shape index (κ1) is 15.1. The van der Waals surface area contributed by atoms with Crippen molar-refractivity contribution in [3.63, 3.8) is 0 Å². The molecule has 0 saturated carbocycles. The van der Waals surface area contributed by atoms with Gasteiger partial charge in [-0.1, -0.05) is 23.7 Å². The number of aromatic nitrogens is 1. The minimum absolute atomic E-state index is 0.122. The molecule has 0 bridgehead atoms. The molecule has 1 saturated heterocycles. The maximum atomic E-state index is 12.3. The summed E-state index contributed by atoms with van der Waals surface area (Å²) in [5.41, 5.74) is 1.13. The first-order chi connectivity index (χ1) is 10.6. The van der Waals surface area contributed by atoms with Crippen LogP contribution < -0.4 is 10.6 Å². The van der Waals surface area contributed by atoms with Gasteiger partial charge in [-0.3, -0.25) is 4.79 Å². The molecule has 1 aliphatic heterocycles. The fourth-order valence-electron chi connectivity index (χ4n) is 2.56. The summed E-state index contributed by atoms with van der Waals surface area (Å²) in [6, 6.07) is 8.98. The summed E-state index contributed by atoms with van der Waals surface area (Å²) < 4.78 is 5.26. The lowest BCUT2D eigenvalue weighted by Gasteiger charge is -2.29. The quantitative estimate of drug-likeness (QED) is 0.913. The van der Waals surface area contributed by atoms with E-state index in [0.717, 1.165) is 25.1 Å². The molecule has 2 unspecified atom stereocenters. The Morgan fingerprint density at radius 3 is 2.91 bits per heavy atom. The molecule has 116 valence electrons. The van der Waals surface area contributed by atoms with Crippen LogP contribution in [0.1, 0.15) is 23.8 Å². The van der Waals surface area contributed by atoms with Gasteiger partial charge in [0.2, 0.25) is 0 Å². The highest BCUT2D eigenvalue weighted by molar-refractivity contribution is 6.30. The SMILES string of the molecule is CC1CCNCC1NC(=O)c1cc(-c2ccc(Cl)cc2)on1. The standard InChI is InChI=1S/C16H18ClN3O2/c1-10-6-7-18-9-14(10)19-16(21)13-8-15(22-20-13)11-2-4-12(17)5-3-11/h2-5,8,10,14,18H,6-7,9H2,1H3,(H,19,21).